The summed E-state index contributed by atoms with van der Waals surface area (Å²) in [7, 11) is 3.32. The summed E-state index contributed by atoms with van der Waals surface area (Å²) < 4.78 is 0. The number of carbonyl (C=O) groups excluding carboxylic acids is 2. The highest BCUT2D eigenvalue weighted by Crippen LogP contribution is 2.14. The number of nitrogens with zero attached hydrogens (tertiary/aromatic N) is 1. The second kappa shape index (κ2) is 7.41. The van der Waals surface area contributed by atoms with Gasteiger partial charge in [-0.3, -0.25) is 9.59 Å². The number of hydrogen-bond acceptors (Lipinski definition) is 3. The average molecular weight is 263 g/mol. The lowest BCUT2D eigenvalue weighted by molar-refractivity contribution is -0.127. The van der Waals surface area contributed by atoms with Gasteiger partial charge in [-0.25, -0.2) is 0 Å². The van der Waals surface area contributed by atoms with E-state index in [1.807, 2.05) is 12.1 Å². The highest BCUT2D eigenvalue weighted by molar-refractivity contribution is 6.01. The van der Waals surface area contributed by atoms with Crippen molar-refractivity contribution in [1.82, 2.24) is 10.2 Å². The molecule has 0 bridgehead atoms. The standard InChI is InChI=1S/C14H21N3O2/c1-4-9-15-12-8-6-5-7-11(12)14(19)16-10-13(18)17(2)3/h5-8,15H,4,9-10H2,1-3H3,(H,16,19). The number of rotatable bonds is 6. The molecule has 0 atom stereocenters. The largest absolute Gasteiger partial charge is 0.384 e. The van der Waals surface area contributed by atoms with Crippen molar-refractivity contribution in [2.45, 2.75) is 13.3 Å². The molecule has 1 aromatic rings. The van der Waals surface area contributed by atoms with Crippen molar-refractivity contribution in [3.05, 3.63) is 29.8 Å². The van der Waals surface area contributed by atoms with Crippen LogP contribution in [0.1, 0.15) is 23.7 Å². The molecule has 0 heterocycles. The molecule has 0 unspecified atom stereocenters. The number of carbonyl (C=O) groups is 2. The Hall–Kier alpha value is -2.04. The second-order valence-electron chi connectivity index (χ2n) is 4.44. The summed E-state index contributed by atoms with van der Waals surface area (Å²) in [6.45, 7) is 2.88. The van der Waals surface area contributed by atoms with Gasteiger partial charge in [0.25, 0.3) is 5.91 Å². The van der Waals surface area contributed by atoms with Crippen LogP contribution in [0, 0.1) is 0 Å². The van der Waals surface area contributed by atoms with Crippen LogP contribution in [0.5, 0.6) is 0 Å². The van der Waals surface area contributed by atoms with Gasteiger partial charge in [-0.05, 0) is 18.6 Å². The van der Waals surface area contributed by atoms with Crippen LogP contribution in [0.2, 0.25) is 0 Å². The number of benzene rings is 1. The predicted octanol–water partition coefficient (Wildman–Crippen LogP) is 1.33. The van der Waals surface area contributed by atoms with E-state index in [0.29, 0.717) is 5.56 Å². The van der Waals surface area contributed by atoms with E-state index < -0.39 is 0 Å². The lowest BCUT2D eigenvalue weighted by Gasteiger charge is -2.13. The van der Waals surface area contributed by atoms with Gasteiger partial charge in [-0.2, -0.15) is 0 Å². The molecular formula is C14H21N3O2. The molecule has 0 spiro atoms. The van der Waals surface area contributed by atoms with E-state index in [2.05, 4.69) is 17.6 Å². The first-order chi connectivity index (χ1) is 9.06. The van der Waals surface area contributed by atoms with Crippen LogP contribution >= 0.6 is 0 Å². The third-order valence-electron chi connectivity index (χ3n) is 2.64. The van der Waals surface area contributed by atoms with E-state index in [4.69, 9.17) is 0 Å². The smallest absolute Gasteiger partial charge is 0.253 e. The van der Waals surface area contributed by atoms with E-state index in [1.54, 1.807) is 26.2 Å². The van der Waals surface area contributed by atoms with E-state index >= 15 is 0 Å². The molecule has 0 aromatic heterocycles. The summed E-state index contributed by atoms with van der Waals surface area (Å²) in [5, 5.41) is 5.82. The van der Waals surface area contributed by atoms with Gasteiger partial charge in [0.15, 0.2) is 0 Å². The quantitative estimate of drug-likeness (QED) is 0.814. The molecule has 0 radical (unpaired) electrons. The molecule has 0 aliphatic carbocycles. The third kappa shape index (κ3) is 4.62. The van der Waals surface area contributed by atoms with Gasteiger partial charge in [0, 0.05) is 26.3 Å². The zero-order valence-corrected chi connectivity index (χ0v) is 11.7. The topological polar surface area (TPSA) is 61.4 Å². The van der Waals surface area contributed by atoms with Crippen molar-refractivity contribution in [2.24, 2.45) is 0 Å². The average Bonchev–Trinajstić information content (AvgIpc) is 2.42. The molecule has 2 N–H and O–H groups in total. The Morgan fingerprint density at radius 2 is 1.89 bits per heavy atom. The van der Waals surface area contributed by atoms with Gasteiger partial charge in [0.2, 0.25) is 5.91 Å². The van der Waals surface area contributed by atoms with Crippen molar-refractivity contribution in [3.8, 4) is 0 Å². The lowest BCUT2D eigenvalue weighted by Crippen LogP contribution is -2.36. The highest BCUT2D eigenvalue weighted by atomic mass is 16.2. The molecule has 5 nitrogen and oxygen atoms in total. The minimum atomic E-state index is -0.241. The first kappa shape index (κ1) is 15.0. The van der Waals surface area contributed by atoms with Crippen LogP contribution in [0.4, 0.5) is 5.69 Å². The molecule has 0 aliphatic rings. The second-order valence-corrected chi connectivity index (χ2v) is 4.44. The number of likely N-dealkylation sites (N-methyl/N-ethyl adjacent to an activating group) is 1. The normalized spacial score (nSPS) is 9.84. The Labute approximate surface area is 114 Å². The molecule has 0 fully saturated rings. The summed E-state index contributed by atoms with van der Waals surface area (Å²) in [5.74, 6) is -0.373. The summed E-state index contributed by atoms with van der Waals surface area (Å²) in [6.07, 6.45) is 0.981. The highest BCUT2D eigenvalue weighted by Gasteiger charge is 2.12. The fourth-order valence-electron chi connectivity index (χ4n) is 1.50. The van der Waals surface area contributed by atoms with Crippen molar-refractivity contribution in [2.75, 3.05) is 32.5 Å². The first-order valence-corrected chi connectivity index (χ1v) is 6.37. The van der Waals surface area contributed by atoms with Gasteiger partial charge >= 0.3 is 0 Å². The van der Waals surface area contributed by atoms with Crippen LogP contribution in [0.15, 0.2) is 24.3 Å². The molecule has 2 amide bonds. The van der Waals surface area contributed by atoms with Gasteiger partial charge < -0.3 is 15.5 Å². The summed E-state index contributed by atoms with van der Waals surface area (Å²) >= 11 is 0. The molecule has 0 saturated heterocycles. The molecule has 1 aromatic carbocycles. The summed E-state index contributed by atoms with van der Waals surface area (Å²) in [4.78, 5) is 24.9. The fourth-order valence-corrected chi connectivity index (χ4v) is 1.50. The Bertz CT molecular complexity index is 444. The SMILES string of the molecule is CCCNc1ccccc1C(=O)NCC(=O)N(C)C. The fraction of sp³-hybridized carbons (Fsp3) is 0.429. The summed E-state index contributed by atoms with van der Waals surface area (Å²) in [6, 6.07) is 7.28. The van der Waals surface area contributed by atoms with E-state index in [0.717, 1.165) is 18.7 Å². The number of anilines is 1. The first-order valence-electron chi connectivity index (χ1n) is 6.37. The van der Waals surface area contributed by atoms with Gasteiger partial charge in [0.05, 0.1) is 12.1 Å². The molecule has 1 rings (SSSR count). The lowest BCUT2D eigenvalue weighted by atomic mass is 10.1. The van der Waals surface area contributed by atoms with Crippen LogP contribution in [0.3, 0.4) is 0 Å². The minimum absolute atomic E-state index is 0.00788. The van der Waals surface area contributed by atoms with Crippen molar-refractivity contribution in [3.63, 3.8) is 0 Å². The minimum Gasteiger partial charge on any atom is -0.384 e. The maximum absolute atomic E-state index is 12.0. The molecule has 104 valence electrons. The van der Waals surface area contributed by atoms with Gasteiger partial charge in [-0.15, -0.1) is 0 Å². The van der Waals surface area contributed by atoms with Gasteiger partial charge in [-0.1, -0.05) is 19.1 Å². The van der Waals surface area contributed by atoms with Gasteiger partial charge in [0.1, 0.15) is 0 Å². The van der Waals surface area contributed by atoms with Crippen molar-refractivity contribution < 1.29 is 9.59 Å². The van der Waals surface area contributed by atoms with Crippen LogP contribution in [-0.4, -0.2) is 43.9 Å². The maximum atomic E-state index is 12.0. The van der Waals surface area contributed by atoms with E-state index in [-0.39, 0.29) is 18.4 Å². The van der Waals surface area contributed by atoms with Crippen LogP contribution < -0.4 is 10.6 Å². The van der Waals surface area contributed by atoms with Crippen molar-refractivity contribution in [1.29, 1.82) is 0 Å². The number of para-hydroxylation sites is 1. The molecule has 5 heteroatoms. The molecule has 0 saturated carbocycles. The Kier molecular flexibility index (Phi) is 5.85. The summed E-state index contributed by atoms with van der Waals surface area (Å²) in [5.41, 5.74) is 1.35. The molecular weight excluding hydrogens is 242 g/mol. The van der Waals surface area contributed by atoms with E-state index in [9.17, 15) is 9.59 Å². The maximum Gasteiger partial charge on any atom is 0.253 e. The predicted molar refractivity (Wildman–Crippen MR) is 76.2 cm³/mol. The van der Waals surface area contributed by atoms with Crippen LogP contribution in [0.25, 0.3) is 0 Å². The van der Waals surface area contributed by atoms with Crippen molar-refractivity contribution >= 4 is 17.5 Å². The Balaban J connectivity index is 2.68. The zero-order valence-electron chi connectivity index (χ0n) is 11.7. The van der Waals surface area contributed by atoms with Crippen LogP contribution in [-0.2, 0) is 4.79 Å². The molecule has 0 aliphatic heterocycles. The number of amides is 2. The number of nitrogens with one attached hydrogen (secondary N) is 2. The van der Waals surface area contributed by atoms with E-state index in [1.165, 1.54) is 4.90 Å². The zero-order chi connectivity index (χ0) is 14.3. The molecule has 19 heavy (non-hydrogen) atoms. The Morgan fingerprint density at radius 3 is 2.53 bits per heavy atom. The Morgan fingerprint density at radius 1 is 1.21 bits per heavy atom. The number of hydrogen-bond donors (Lipinski definition) is 2. The third-order valence-corrected chi connectivity index (χ3v) is 2.64. The monoisotopic (exact) mass is 263 g/mol.